The third-order valence-electron chi connectivity index (χ3n) is 1.58. The minimum absolute atomic E-state index is 0.0447. The lowest BCUT2D eigenvalue weighted by atomic mass is 10.1. The molecule has 66 valence electrons. The Balaban J connectivity index is 3.42. The lowest BCUT2D eigenvalue weighted by Crippen LogP contribution is -2.02. The first-order valence-corrected chi connectivity index (χ1v) is 3.30. The lowest BCUT2D eigenvalue weighted by molar-refractivity contribution is -0.383. The van der Waals surface area contributed by atoms with Crippen molar-refractivity contribution in [3.05, 3.63) is 27.8 Å². The van der Waals surface area contributed by atoms with Crippen LogP contribution in [0.3, 0.4) is 0 Å². The Morgan fingerprint density at radius 2 is 2.00 bits per heavy atom. The van der Waals surface area contributed by atoms with Crippen LogP contribution in [0.25, 0.3) is 0 Å². The summed E-state index contributed by atoms with van der Waals surface area (Å²) in [5.74, 6) is 0. The van der Waals surface area contributed by atoms with Crippen LogP contribution in [0.5, 0.6) is 0 Å². The minimum atomic E-state index is -0.646. The second kappa shape index (κ2) is 2.98. The van der Waals surface area contributed by atoms with Crippen LogP contribution < -0.4 is 11.5 Å². The van der Waals surface area contributed by atoms with Gasteiger partial charge in [0.25, 0.3) is 5.69 Å². The molecule has 6 nitrogen and oxygen atoms in total. The molecule has 1 aromatic carbocycles. The number of hydrogen-bond acceptors (Lipinski definition) is 5. The molecule has 0 spiro atoms. The Morgan fingerprint density at radius 3 is 2.46 bits per heavy atom. The molecular weight excluding hydrogens is 172 g/mol. The van der Waals surface area contributed by atoms with E-state index < -0.39 is 4.92 Å². The van der Waals surface area contributed by atoms with E-state index >= 15 is 0 Å². The van der Waals surface area contributed by atoms with E-state index in [1.807, 2.05) is 0 Å². The number of nitrogens with two attached hydrogens (primary N) is 2. The molecule has 6 heteroatoms. The highest BCUT2D eigenvalue weighted by Gasteiger charge is 2.15. The van der Waals surface area contributed by atoms with Crippen molar-refractivity contribution in [2.75, 3.05) is 11.5 Å². The van der Waals surface area contributed by atoms with Gasteiger partial charge in [-0.25, -0.2) is 0 Å². The maximum Gasteiger partial charge on any atom is 0.294 e. The zero-order chi connectivity index (χ0) is 10.0. The third kappa shape index (κ3) is 1.35. The van der Waals surface area contributed by atoms with E-state index in [0.717, 1.165) is 6.07 Å². The summed E-state index contributed by atoms with van der Waals surface area (Å²) in [6.07, 6.45) is 0. The van der Waals surface area contributed by atoms with Crippen molar-refractivity contribution in [2.45, 2.75) is 0 Å². The third-order valence-corrected chi connectivity index (χ3v) is 1.58. The van der Waals surface area contributed by atoms with E-state index in [1.54, 1.807) is 6.07 Å². The van der Waals surface area contributed by atoms with Crippen LogP contribution in [0.1, 0.15) is 5.56 Å². The zero-order valence-electron chi connectivity index (χ0n) is 6.52. The molecule has 0 saturated carbocycles. The summed E-state index contributed by atoms with van der Waals surface area (Å²) in [5, 5.41) is 18.9. The molecule has 0 unspecified atom stereocenters. The van der Waals surface area contributed by atoms with Crippen LogP contribution in [0.2, 0.25) is 0 Å². The highest BCUT2D eigenvalue weighted by Crippen LogP contribution is 2.29. The van der Waals surface area contributed by atoms with E-state index in [0.29, 0.717) is 0 Å². The van der Waals surface area contributed by atoms with Crippen molar-refractivity contribution in [3.63, 3.8) is 0 Å². The van der Waals surface area contributed by atoms with Crippen molar-refractivity contribution in [3.8, 4) is 6.07 Å². The Labute approximate surface area is 73.5 Å². The molecule has 1 rings (SSSR count). The summed E-state index contributed by atoms with van der Waals surface area (Å²) in [7, 11) is 0. The number of benzene rings is 1. The van der Waals surface area contributed by atoms with Crippen LogP contribution in [-0.2, 0) is 0 Å². The second-order valence-corrected chi connectivity index (χ2v) is 2.33. The van der Waals surface area contributed by atoms with Crippen molar-refractivity contribution >= 4 is 17.1 Å². The molecule has 0 saturated heterocycles. The second-order valence-electron chi connectivity index (χ2n) is 2.33. The SMILES string of the molecule is N#Cc1ccc([N+](=O)[O-])c(N)c1N. The minimum Gasteiger partial charge on any atom is -0.396 e. The lowest BCUT2D eigenvalue weighted by Gasteiger charge is -2.01. The number of rotatable bonds is 1. The van der Waals surface area contributed by atoms with E-state index in [9.17, 15) is 10.1 Å². The first-order valence-electron chi connectivity index (χ1n) is 3.30. The van der Waals surface area contributed by atoms with Crippen LogP contribution in [-0.4, -0.2) is 4.92 Å². The maximum atomic E-state index is 10.4. The number of nitro groups is 1. The first-order chi connectivity index (χ1) is 6.07. The fourth-order valence-corrected chi connectivity index (χ4v) is 0.882. The molecular formula is C7H6N4O2. The van der Waals surface area contributed by atoms with Crippen LogP contribution in [0, 0.1) is 21.4 Å². The van der Waals surface area contributed by atoms with Crippen molar-refractivity contribution in [1.82, 2.24) is 0 Å². The molecule has 0 heterocycles. The predicted octanol–water partition coefficient (Wildman–Crippen LogP) is 0.631. The van der Waals surface area contributed by atoms with E-state index in [-0.39, 0.29) is 22.6 Å². The molecule has 13 heavy (non-hydrogen) atoms. The Morgan fingerprint density at radius 1 is 1.38 bits per heavy atom. The average molecular weight is 178 g/mol. The van der Waals surface area contributed by atoms with Gasteiger partial charge in [-0.15, -0.1) is 0 Å². The largest absolute Gasteiger partial charge is 0.396 e. The summed E-state index contributed by atoms with van der Waals surface area (Å²) in [4.78, 5) is 9.71. The number of hydrogen-bond donors (Lipinski definition) is 2. The average Bonchev–Trinajstić information content (AvgIpc) is 2.09. The molecule has 0 amide bonds. The molecule has 0 atom stereocenters. The fourth-order valence-electron chi connectivity index (χ4n) is 0.882. The Hall–Kier alpha value is -2.29. The number of nitro benzene ring substituents is 1. The van der Waals surface area contributed by atoms with Gasteiger partial charge in [0.2, 0.25) is 0 Å². The summed E-state index contributed by atoms with van der Waals surface area (Å²) in [6.45, 7) is 0. The van der Waals surface area contributed by atoms with Crippen LogP contribution >= 0.6 is 0 Å². The van der Waals surface area contributed by atoms with Gasteiger partial charge >= 0.3 is 0 Å². The van der Waals surface area contributed by atoms with Gasteiger partial charge in [0, 0.05) is 6.07 Å². The monoisotopic (exact) mass is 178 g/mol. The molecule has 0 fully saturated rings. The van der Waals surface area contributed by atoms with Gasteiger partial charge in [0.1, 0.15) is 11.8 Å². The summed E-state index contributed by atoms with van der Waals surface area (Å²) >= 11 is 0. The van der Waals surface area contributed by atoms with Crippen molar-refractivity contribution in [2.24, 2.45) is 0 Å². The summed E-state index contributed by atoms with van der Waals surface area (Å²) < 4.78 is 0. The topological polar surface area (TPSA) is 119 Å². The van der Waals surface area contributed by atoms with E-state index in [4.69, 9.17) is 16.7 Å². The highest BCUT2D eigenvalue weighted by atomic mass is 16.6. The Kier molecular flexibility index (Phi) is 2.02. The van der Waals surface area contributed by atoms with Crippen molar-refractivity contribution < 1.29 is 4.92 Å². The normalized spacial score (nSPS) is 9.15. The molecule has 0 aliphatic rings. The fraction of sp³-hybridized carbons (Fsp3) is 0. The Bertz CT molecular complexity index is 408. The highest BCUT2D eigenvalue weighted by molar-refractivity contribution is 5.79. The van der Waals surface area contributed by atoms with Gasteiger partial charge in [0.05, 0.1) is 16.2 Å². The quantitative estimate of drug-likeness (QED) is 0.371. The maximum absolute atomic E-state index is 10.4. The summed E-state index contributed by atoms with van der Waals surface area (Å²) in [5.41, 5.74) is 10.4. The molecule has 0 bridgehead atoms. The van der Waals surface area contributed by atoms with E-state index in [2.05, 4.69) is 0 Å². The van der Waals surface area contributed by atoms with Crippen LogP contribution in [0.15, 0.2) is 12.1 Å². The molecule has 4 N–H and O–H groups in total. The predicted molar refractivity (Wildman–Crippen MR) is 46.6 cm³/mol. The van der Waals surface area contributed by atoms with Gasteiger partial charge in [0.15, 0.2) is 0 Å². The molecule has 0 radical (unpaired) electrons. The number of nitrogen functional groups attached to an aromatic ring is 2. The molecule has 1 aromatic rings. The van der Waals surface area contributed by atoms with Gasteiger partial charge < -0.3 is 11.5 Å². The van der Waals surface area contributed by atoms with Gasteiger partial charge in [-0.05, 0) is 6.07 Å². The number of anilines is 2. The molecule has 0 aliphatic heterocycles. The smallest absolute Gasteiger partial charge is 0.294 e. The van der Waals surface area contributed by atoms with E-state index in [1.165, 1.54) is 6.07 Å². The van der Waals surface area contributed by atoms with Crippen molar-refractivity contribution in [1.29, 1.82) is 5.26 Å². The van der Waals surface area contributed by atoms with Gasteiger partial charge in [-0.1, -0.05) is 0 Å². The van der Waals surface area contributed by atoms with Gasteiger partial charge in [-0.3, -0.25) is 10.1 Å². The number of nitriles is 1. The van der Waals surface area contributed by atoms with Gasteiger partial charge in [-0.2, -0.15) is 5.26 Å². The standard InChI is InChI=1S/C7H6N4O2/c8-3-4-1-2-5(11(12)13)7(10)6(4)9/h1-2H,9-10H2. The zero-order valence-corrected chi connectivity index (χ0v) is 6.52. The molecule has 0 aliphatic carbocycles. The molecule has 0 aromatic heterocycles. The summed E-state index contributed by atoms with van der Waals surface area (Å²) in [6, 6.07) is 4.20. The number of nitrogens with zero attached hydrogens (tertiary/aromatic N) is 2. The first kappa shape index (κ1) is 8.80. The van der Waals surface area contributed by atoms with Crippen LogP contribution in [0.4, 0.5) is 17.1 Å².